The van der Waals surface area contributed by atoms with Gasteiger partial charge in [-0.2, -0.15) is 0 Å². The maximum absolute atomic E-state index is 12.1. The van der Waals surface area contributed by atoms with Crippen molar-refractivity contribution in [3.05, 3.63) is 71.3 Å². The van der Waals surface area contributed by atoms with Crippen LogP contribution in [0.15, 0.2) is 60.1 Å². The van der Waals surface area contributed by atoms with E-state index in [2.05, 4.69) is 15.3 Å². The number of aliphatic carboxylic acids is 1. The van der Waals surface area contributed by atoms with Crippen molar-refractivity contribution in [2.45, 2.75) is 52.0 Å². The van der Waals surface area contributed by atoms with Gasteiger partial charge in [-0.15, -0.1) is 0 Å². The minimum atomic E-state index is -0.944. The number of rotatable bonds is 9. The van der Waals surface area contributed by atoms with Gasteiger partial charge >= 0.3 is 5.97 Å². The van der Waals surface area contributed by atoms with Crippen LogP contribution in [0.5, 0.6) is 11.6 Å². The zero-order valence-electron chi connectivity index (χ0n) is 18.8. The standard InChI is InChI=1S/C26H27N3O4/c1-3-4-20-22(9-10-24(20)30)29-23(26(31)32)14-17-5-7-19(8-6-17)33-25-21-15-27-12-11-18(21)13-16(2)28-25/h5-8,11-13,15,23,29H,3-4,9-10,14H2,1-2H3,(H,31,32). The third kappa shape index (κ3) is 5.19. The topological polar surface area (TPSA) is 101 Å². The van der Waals surface area contributed by atoms with Gasteiger partial charge in [0.1, 0.15) is 11.8 Å². The van der Waals surface area contributed by atoms with E-state index in [4.69, 9.17) is 4.74 Å². The third-order valence-corrected chi connectivity index (χ3v) is 5.75. The summed E-state index contributed by atoms with van der Waals surface area (Å²) >= 11 is 0. The van der Waals surface area contributed by atoms with E-state index in [0.29, 0.717) is 37.3 Å². The summed E-state index contributed by atoms with van der Waals surface area (Å²) in [6, 6.07) is 10.4. The number of carboxylic acids is 1. The van der Waals surface area contributed by atoms with E-state index in [1.54, 1.807) is 24.5 Å². The molecular formula is C26H27N3O4. The van der Waals surface area contributed by atoms with Crippen molar-refractivity contribution >= 4 is 22.5 Å². The van der Waals surface area contributed by atoms with Crippen molar-refractivity contribution < 1.29 is 19.4 Å². The fraction of sp³-hybridized carbons (Fsp3) is 0.308. The number of hydrogen-bond donors (Lipinski definition) is 2. The van der Waals surface area contributed by atoms with Crippen LogP contribution in [-0.2, 0) is 16.0 Å². The molecule has 7 heteroatoms. The summed E-state index contributed by atoms with van der Waals surface area (Å²) in [7, 11) is 0. The Labute approximate surface area is 192 Å². The average Bonchev–Trinajstić information content (AvgIpc) is 3.14. The second-order valence-corrected chi connectivity index (χ2v) is 8.28. The summed E-state index contributed by atoms with van der Waals surface area (Å²) in [6.45, 7) is 3.92. The minimum Gasteiger partial charge on any atom is -0.480 e. The number of aryl methyl sites for hydroxylation is 1. The van der Waals surface area contributed by atoms with Crippen LogP contribution in [0.3, 0.4) is 0 Å². The normalized spacial score (nSPS) is 14.5. The van der Waals surface area contributed by atoms with Gasteiger partial charge in [-0.25, -0.2) is 9.78 Å². The SMILES string of the molecule is CCCC1=C(NC(Cc2ccc(Oc3nc(C)cc4ccncc34)cc2)C(=O)O)CCC1=O. The second-order valence-electron chi connectivity index (χ2n) is 8.28. The summed E-state index contributed by atoms with van der Waals surface area (Å²) in [6.07, 6.45) is 6.32. The third-order valence-electron chi connectivity index (χ3n) is 5.75. The molecule has 1 unspecified atom stereocenters. The number of nitrogens with zero attached hydrogens (tertiary/aromatic N) is 2. The Hall–Kier alpha value is -3.74. The molecule has 1 aliphatic carbocycles. The molecule has 4 rings (SSSR count). The molecule has 0 saturated heterocycles. The number of hydrogen-bond acceptors (Lipinski definition) is 6. The first kappa shape index (κ1) is 22.5. The molecule has 0 saturated carbocycles. The number of carboxylic acid groups (broad SMARTS) is 1. The van der Waals surface area contributed by atoms with Gasteiger partial charge in [0.2, 0.25) is 5.88 Å². The maximum Gasteiger partial charge on any atom is 0.326 e. The molecule has 7 nitrogen and oxygen atoms in total. The van der Waals surface area contributed by atoms with Gasteiger partial charge in [0.25, 0.3) is 0 Å². The lowest BCUT2D eigenvalue weighted by atomic mass is 10.0. The number of ketones is 1. The first-order valence-corrected chi connectivity index (χ1v) is 11.2. The molecule has 1 aliphatic rings. The lowest BCUT2D eigenvalue weighted by Crippen LogP contribution is -2.38. The second kappa shape index (κ2) is 9.81. The van der Waals surface area contributed by atoms with Crippen molar-refractivity contribution in [3.63, 3.8) is 0 Å². The van der Waals surface area contributed by atoms with Gasteiger partial charge in [0.05, 0.1) is 5.39 Å². The molecule has 1 atom stereocenters. The molecule has 2 N–H and O–H groups in total. The molecule has 170 valence electrons. The van der Waals surface area contributed by atoms with E-state index in [-0.39, 0.29) is 5.78 Å². The molecule has 0 bridgehead atoms. The zero-order valence-corrected chi connectivity index (χ0v) is 18.8. The summed E-state index contributed by atoms with van der Waals surface area (Å²) in [4.78, 5) is 32.7. The van der Waals surface area contributed by atoms with Gasteiger partial charge < -0.3 is 15.2 Å². The Morgan fingerprint density at radius 1 is 1.21 bits per heavy atom. The van der Waals surface area contributed by atoms with Crippen LogP contribution in [0.1, 0.15) is 43.9 Å². The smallest absolute Gasteiger partial charge is 0.326 e. The van der Waals surface area contributed by atoms with Crippen LogP contribution < -0.4 is 10.1 Å². The van der Waals surface area contributed by atoms with Gasteiger partial charge in [0.15, 0.2) is 5.78 Å². The average molecular weight is 446 g/mol. The lowest BCUT2D eigenvalue weighted by Gasteiger charge is -2.18. The highest BCUT2D eigenvalue weighted by molar-refractivity contribution is 5.98. The van der Waals surface area contributed by atoms with Gasteiger partial charge in [-0.05, 0) is 55.0 Å². The number of allylic oxidation sites excluding steroid dienone is 2. The van der Waals surface area contributed by atoms with Gasteiger partial charge in [-0.1, -0.05) is 25.5 Å². The van der Waals surface area contributed by atoms with Crippen LogP contribution in [0.2, 0.25) is 0 Å². The highest BCUT2D eigenvalue weighted by Crippen LogP contribution is 2.29. The molecule has 33 heavy (non-hydrogen) atoms. The first-order chi connectivity index (χ1) is 15.9. The molecule has 2 heterocycles. The van der Waals surface area contributed by atoms with E-state index in [1.165, 1.54) is 0 Å². The lowest BCUT2D eigenvalue weighted by molar-refractivity contribution is -0.139. The van der Waals surface area contributed by atoms with Crippen molar-refractivity contribution in [1.82, 2.24) is 15.3 Å². The van der Waals surface area contributed by atoms with Crippen LogP contribution in [-0.4, -0.2) is 32.9 Å². The van der Waals surface area contributed by atoms with Crippen molar-refractivity contribution in [2.24, 2.45) is 0 Å². The Kier molecular flexibility index (Phi) is 6.68. The summed E-state index contributed by atoms with van der Waals surface area (Å²) in [5.74, 6) is 0.270. The number of carbonyl (C=O) groups is 2. The number of aromatic nitrogens is 2. The fourth-order valence-corrected chi connectivity index (χ4v) is 4.12. The van der Waals surface area contributed by atoms with Crippen molar-refractivity contribution in [3.8, 4) is 11.6 Å². The molecule has 0 fully saturated rings. The number of nitrogens with one attached hydrogen (secondary N) is 1. The molecule has 0 aliphatic heterocycles. The largest absolute Gasteiger partial charge is 0.480 e. The number of fused-ring (bicyclic) bond motifs is 1. The molecule has 1 aromatic carbocycles. The van der Waals surface area contributed by atoms with Crippen molar-refractivity contribution in [2.75, 3.05) is 0 Å². The molecule has 2 aromatic heterocycles. The van der Waals surface area contributed by atoms with Gasteiger partial charge in [0, 0.05) is 42.2 Å². The maximum atomic E-state index is 12.1. The van der Waals surface area contributed by atoms with E-state index in [9.17, 15) is 14.7 Å². The number of Topliss-reactive ketones (excluding diaryl/α,β-unsaturated/α-hetero) is 1. The number of ether oxygens (including phenoxy) is 1. The van der Waals surface area contributed by atoms with E-state index in [0.717, 1.165) is 39.7 Å². The fourth-order valence-electron chi connectivity index (χ4n) is 4.12. The quantitative estimate of drug-likeness (QED) is 0.491. The molecular weight excluding hydrogens is 418 g/mol. The Morgan fingerprint density at radius 2 is 2.00 bits per heavy atom. The van der Waals surface area contributed by atoms with E-state index >= 15 is 0 Å². The summed E-state index contributed by atoms with van der Waals surface area (Å²) in [5.41, 5.74) is 3.23. The molecule has 3 aromatic rings. The van der Waals surface area contributed by atoms with Crippen LogP contribution in [0, 0.1) is 6.92 Å². The first-order valence-electron chi connectivity index (χ1n) is 11.2. The van der Waals surface area contributed by atoms with Gasteiger partial charge in [-0.3, -0.25) is 9.78 Å². The van der Waals surface area contributed by atoms with E-state index in [1.807, 2.05) is 38.1 Å². The van der Waals surface area contributed by atoms with Crippen LogP contribution in [0.4, 0.5) is 0 Å². The number of pyridine rings is 2. The monoisotopic (exact) mass is 445 g/mol. The highest BCUT2D eigenvalue weighted by Gasteiger charge is 2.26. The predicted molar refractivity (Wildman–Crippen MR) is 125 cm³/mol. The summed E-state index contributed by atoms with van der Waals surface area (Å²) in [5, 5.41) is 14.7. The molecule has 0 radical (unpaired) electrons. The Bertz CT molecular complexity index is 1220. The number of benzene rings is 1. The minimum absolute atomic E-state index is 0.123. The van der Waals surface area contributed by atoms with E-state index < -0.39 is 12.0 Å². The summed E-state index contributed by atoms with van der Waals surface area (Å²) < 4.78 is 6.01. The van der Waals surface area contributed by atoms with Crippen LogP contribution in [0.25, 0.3) is 10.8 Å². The highest BCUT2D eigenvalue weighted by atomic mass is 16.5. The molecule has 0 spiro atoms. The Morgan fingerprint density at radius 3 is 2.73 bits per heavy atom. The zero-order chi connectivity index (χ0) is 23.4. The Balaban J connectivity index is 1.49. The predicted octanol–water partition coefficient (Wildman–Crippen LogP) is 4.73. The van der Waals surface area contributed by atoms with Crippen molar-refractivity contribution in [1.29, 1.82) is 0 Å². The number of carbonyl (C=O) groups excluding carboxylic acids is 1. The van der Waals surface area contributed by atoms with Crippen LogP contribution >= 0.6 is 0 Å². The molecule has 0 amide bonds.